The van der Waals surface area contributed by atoms with E-state index in [9.17, 15) is 81.1 Å². The Morgan fingerprint density at radius 2 is 1.12 bits per heavy atom. The summed E-state index contributed by atoms with van der Waals surface area (Å²) in [7, 11) is 1.45. The minimum atomic E-state index is -2.02. The zero-order chi connectivity index (χ0) is 54.7. The molecule has 0 spiro atoms. The first-order chi connectivity index (χ1) is 36.2. The Morgan fingerprint density at radius 1 is 0.513 bits per heavy atom. The van der Waals surface area contributed by atoms with Gasteiger partial charge in [0.25, 0.3) is 0 Å². The average molecular weight is 1100 g/mol. The van der Waals surface area contributed by atoms with Crippen LogP contribution in [-0.2, 0) is 57.0 Å². The van der Waals surface area contributed by atoms with Gasteiger partial charge < -0.3 is 119 Å². The Morgan fingerprint density at radius 3 is 1.79 bits per heavy atom. The van der Waals surface area contributed by atoms with Crippen molar-refractivity contribution in [2.45, 2.75) is 237 Å². The van der Waals surface area contributed by atoms with Gasteiger partial charge in [0.15, 0.2) is 18.9 Å². The Labute approximate surface area is 438 Å². The fraction of sp³-hybridized carbons (Fsp3) is 0.920. The van der Waals surface area contributed by atoms with Crippen molar-refractivity contribution in [2.24, 2.45) is 23.7 Å². The summed E-state index contributed by atoms with van der Waals surface area (Å²) in [5, 5.41) is 151. The molecule has 8 fully saturated rings. The lowest BCUT2D eigenvalue weighted by Crippen LogP contribution is -2.66. The first-order valence-corrected chi connectivity index (χ1v) is 26.8. The lowest BCUT2D eigenvalue weighted by molar-refractivity contribution is -0.380. The second-order valence-corrected chi connectivity index (χ2v) is 22.1. The van der Waals surface area contributed by atoms with Gasteiger partial charge >= 0.3 is 11.9 Å². The zero-order valence-electron chi connectivity index (χ0n) is 42.4. The van der Waals surface area contributed by atoms with Crippen LogP contribution in [0.25, 0.3) is 0 Å². The van der Waals surface area contributed by atoms with Crippen molar-refractivity contribution in [3.8, 4) is 0 Å². The number of hydrogen-bond donors (Lipinski definition) is 14. The summed E-state index contributed by atoms with van der Waals surface area (Å²) < 4.78 is 60.7. The maximum Gasteiger partial charge on any atom is 0.330 e. The molecule has 0 aromatic rings. The van der Waals surface area contributed by atoms with E-state index in [4.69, 9.17) is 47.4 Å². The van der Waals surface area contributed by atoms with Gasteiger partial charge in [-0.2, -0.15) is 0 Å². The summed E-state index contributed by atoms with van der Waals surface area (Å²) in [6.07, 6.45) is -28.8. The van der Waals surface area contributed by atoms with Gasteiger partial charge in [-0.3, -0.25) is 4.79 Å². The molecule has 0 radical (unpaired) electrons. The lowest BCUT2D eigenvalue weighted by atomic mass is 9.72. The topological polar surface area (TPSA) is 410 Å². The van der Waals surface area contributed by atoms with Crippen LogP contribution in [-0.4, -0.2) is 264 Å². The van der Waals surface area contributed by atoms with Crippen molar-refractivity contribution < 1.29 is 128 Å². The summed E-state index contributed by atoms with van der Waals surface area (Å²) in [6, 6.07) is 0. The van der Waals surface area contributed by atoms with E-state index in [2.05, 4.69) is 0 Å². The quantitative estimate of drug-likeness (QED) is 0.0508. The molecule has 26 heteroatoms. The molecule has 436 valence electrons. The molecule has 12 unspecified atom stereocenters. The van der Waals surface area contributed by atoms with Crippen LogP contribution >= 0.6 is 0 Å². The van der Waals surface area contributed by atoms with Crippen LogP contribution in [0.1, 0.15) is 83.5 Å². The molecule has 8 rings (SSSR count). The fourth-order valence-electron chi connectivity index (χ4n) is 12.3. The van der Waals surface area contributed by atoms with Crippen LogP contribution in [0, 0.1) is 23.7 Å². The number of allylic oxidation sites excluding steroid dienone is 1. The number of rotatable bonds is 16. The SMILES string of the molecule is COC1CC(C2OC3CC(O)CC(O[C@@H]4O[C@H](CO)[C@@H](O)[C@H](O)[C@H]4O)C3CC2O[C@@H]2O[C@H](COC(=O)C=CC3CCC(O)C(O)C3)[C@@H](O)[C@H](O)[C@H]2O[C@@H]2O[C@H](COC(=O)C3CCC(O)CC3)[C@@H](O)[C@H](O)[C@H]2O)CCC1O. The normalized spacial score (nSPS) is 49.4. The minimum absolute atomic E-state index is 0.0181. The van der Waals surface area contributed by atoms with Gasteiger partial charge in [0.1, 0.15) is 86.5 Å². The Kier molecular flexibility index (Phi) is 21.0. The lowest BCUT2D eigenvalue weighted by Gasteiger charge is -2.53. The number of carbonyl (C=O) groups excluding carboxylic acids is 2. The standard InChI is InChI=1S/C50H80O26/c1-67-31-13-22(6-10-27(31)55)45-32(16-25-29(70-45)14-24(53)15-30(25)71-48-43(64)40(61)37(58)33(17-51)73-48)72-50-46(42(63)39(60)34(75-50)18-68-36(57)11-3-20-2-9-26(54)28(56)12-20)76-49-44(65)41(62)38(59)35(74-49)19-69-47(66)21-4-7-23(52)8-5-21/h3,11,20-35,37-46,48-56,58-65H,2,4-10,12-19H2,1H3/t20?,21?,22?,23?,24?,25?,26?,27?,28?,29?,30?,31?,32?,33-,34-,35-,37-,38-,39-,40+,41+,42+,43-,44-,45?,46-,48-,49+,50-/m1/s1. The van der Waals surface area contributed by atoms with Crippen LogP contribution in [0.4, 0.5) is 0 Å². The summed E-state index contributed by atoms with van der Waals surface area (Å²) in [5.41, 5.74) is 0. The Hall–Kier alpha value is -2.20. The van der Waals surface area contributed by atoms with E-state index in [0.29, 0.717) is 51.4 Å². The zero-order valence-corrected chi connectivity index (χ0v) is 42.4. The van der Waals surface area contributed by atoms with Crippen molar-refractivity contribution in [1.29, 1.82) is 0 Å². The molecule has 0 aromatic heterocycles. The van der Waals surface area contributed by atoms with E-state index < -0.39 is 203 Å². The van der Waals surface area contributed by atoms with Crippen molar-refractivity contribution in [1.82, 2.24) is 0 Å². The number of aliphatic hydroxyl groups is 14. The molecule has 0 amide bonds. The molecule has 4 aliphatic carbocycles. The van der Waals surface area contributed by atoms with Crippen LogP contribution in [0.2, 0.25) is 0 Å². The second kappa shape index (κ2) is 26.6. The summed E-state index contributed by atoms with van der Waals surface area (Å²) in [4.78, 5) is 26.1. The van der Waals surface area contributed by atoms with Crippen molar-refractivity contribution in [3.05, 3.63) is 12.2 Å². The number of carbonyl (C=O) groups is 2. The van der Waals surface area contributed by atoms with Crippen molar-refractivity contribution in [3.63, 3.8) is 0 Å². The molecule has 0 bridgehead atoms. The maximum atomic E-state index is 13.1. The third-order valence-corrected chi connectivity index (χ3v) is 16.9. The number of methoxy groups -OCH3 is 1. The molecule has 8 aliphatic rings. The molecule has 27 atom stereocenters. The molecule has 4 heterocycles. The summed E-state index contributed by atoms with van der Waals surface area (Å²) in [5.74, 6) is -3.39. The van der Waals surface area contributed by atoms with Crippen LogP contribution in [0.15, 0.2) is 12.2 Å². The van der Waals surface area contributed by atoms with Crippen molar-refractivity contribution >= 4 is 11.9 Å². The van der Waals surface area contributed by atoms with Gasteiger partial charge in [-0.05, 0) is 88.9 Å². The molecule has 4 saturated carbocycles. The number of hydrogen-bond acceptors (Lipinski definition) is 26. The molecule has 0 aromatic carbocycles. The highest BCUT2D eigenvalue weighted by molar-refractivity contribution is 5.81. The second-order valence-electron chi connectivity index (χ2n) is 22.1. The molecule has 76 heavy (non-hydrogen) atoms. The smallest absolute Gasteiger partial charge is 0.330 e. The predicted molar refractivity (Wildman–Crippen MR) is 250 cm³/mol. The van der Waals surface area contributed by atoms with E-state index in [0.717, 1.165) is 6.08 Å². The van der Waals surface area contributed by atoms with Gasteiger partial charge in [-0.15, -0.1) is 0 Å². The van der Waals surface area contributed by atoms with Crippen molar-refractivity contribution in [2.75, 3.05) is 26.9 Å². The Balaban J connectivity index is 1.06. The van der Waals surface area contributed by atoms with E-state index in [1.54, 1.807) is 0 Å². The molecule has 4 aliphatic heterocycles. The van der Waals surface area contributed by atoms with Crippen LogP contribution in [0.5, 0.6) is 0 Å². The van der Waals surface area contributed by atoms with Crippen LogP contribution < -0.4 is 0 Å². The number of fused-ring (bicyclic) bond motifs is 1. The van der Waals surface area contributed by atoms with E-state index >= 15 is 0 Å². The van der Waals surface area contributed by atoms with Gasteiger partial charge in [0.05, 0.1) is 73.6 Å². The Bertz CT molecular complexity index is 1870. The third-order valence-electron chi connectivity index (χ3n) is 16.9. The highest BCUT2D eigenvalue weighted by atomic mass is 16.8. The van der Waals surface area contributed by atoms with Crippen LogP contribution in [0.3, 0.4) is 0 Å². The van der Waals surface area contributed by atoms with E-state index in [1.807, 2.05) is 0 Å². The van der Waals surface area contributed by atoms with E-state index in [-0.39, 0.29) is 38.0 Å². The molecular formula is C50H80O26. The fourth-order valence-corrected chi connectivity index (χ4v) is 12.3. The van der Waals surface area contributed by atoms with E-state index in [1.165, 1.54) is 13.2 Å². The predicted octanol–water partition coefficient (Wildman–Crippen LogP) is -4.98. The van der Waals surface area contributed by atoms with Gasteiger partial charge in [-0.25, -0.2) is 4.79 Å². The van der Waals surface area contributed by atoms with Gasteiger partial charge in [0.2, 0.25) is 0 Å². The summed E-state index contributed by atoms with van der Waals surface area (Å²) >= 11 is 0. The third kappa shape index (κ3) is 13.9. The molecule has 26 nitrogen and oxygen atoms in total. The highest BCUT2D eigenvalue weighted by Crippen LogP contribution is 2.46. The number of aliphatic hydroxyl groups excluding tert-OH is 14. The van der Waals surface area contributed by atoms with Gasteiger partial charge in [-0.1, -0.05) is 6.08 Å². The minimum Gasteiger partial charge on any atom is -0.463 e. The first kappa shape index (κ1) is 59.9. The first-order valence-electron chi connectivity index (χ1n) is 26.8. The molecule has 14 N–H and O–H groups in total. The number of esters is 2. The largest absolute Gasteiger partial charge is 0.463 e. The van der Waals surface area contributed by atoms with Gasteiger partial charge in [0, 0.05) is 25.5 Å². The highest BCUT2D eigenvalue weighted by Gasteiger charge is 2.56. The maximum absolute atomic E-state index is 13.1. The molecular weight excluding hydrogens is 1020 g/mol. The number of ether oxygens (including phenoxy) is 10. The average Bonchev–Trinajstić information content (AvgIpc) is 3.42. The monoisotopic (exact) mass is 1100 g/mol. The molecule has 4 saturated heterocycles. The summed E-state index contributed by atoms with van der Waals surface area (Å²) in [6.45, 7) is -2.01.